The van der Waals surface area contributed by atoms with E-state index in [1.807, 2.05) is 13.8 Å². The SMILES string of the molecule is CC.CSCCOc1nc(N)nc2c1ccn2C1CCCCCCC1. The summed E-state index contributed by atoms with van der Waals surface area (Å²) < 4.78 is 8.11. The summed E-state index contributed by atoms with van der Waals surface area (Å²) in [6.07, 6.45) is 13.3. The highest BCUT2D eigenvalue weighted by molar-refractivity contribution is 7.98. The second kappa shape index (κ2) is 10.5. The van der Waals surface area contributed by atoms with E-state index >= 15 is 0 Å². The highest BCUT2D eigenvalue weighted by Crippen LogP contribution is 2.32. The minimum Gasteiger partial charge on any atom is -0.476 e. The minimum atomic E-state index is 0.294. The van der Waals surface area contributed by atoms with Crippen molar-refractivity contribution < 1.29 is 4.74 Å². The lowest BCUT2D eigenvalue weighted by atomic mass is 9.96. The van der Waals surface area contributed by atoms with Gasteiger partial charge in [0.1, 0.15) is 5.65 Å². The molecule has 0 amide bonds. The van der Waals surface area contributed by atoms with Crippen molar-refractivity contribution in [2.45, 2.75) is 64.8 Å². The van der Waals surface area contributed by atoms with E-state index in [1.54, 1.807) is 11.8 Å². The quantitative estimate of drug-likeness (QED) is 0.751. The number of hydrogen-bond acceptors (Lipinski definition) is 5. The molecular weight excluding hydrogens is 332 g/mol. The van der Waals surface area contributed by atoms with Crippen LogP contribution in [0.5, 0.6) is 5.88 Å². The molecule has 1 aliphatic rings. The molecule has 0 aliphatic heterocycles. The third-order valence-corrected chi connectivity index (χ3v) is 5.12. The maximum Gasteiger partial charge on any atom is 0.227 e. The van der Waals surface area contributed by atoms with Crippen LogP contribution in [0.25, 0.3) is 11.0 Å². The fourth-order valence-electron chi connectivity index (χ4n) is 3.36. The zero-order valence-electron chi connectivity index (χ0n) is 15.8. The second-order valence-electron chi connectivity index (χ2n) is 6.19. The summed E-state index contributed by atoms with van der Waals surface area (Å²) in [5, 5.41) is 0.974. The highest BCUT2D eigenvalue weighted by atomic mass is 32.2. The Balaban J connectivity index is 0.00000109. The molecule has 0 unspecified atom stereocenters. The molecule has 3 rings (SSSR count). The largest absolute Gasteiger partial charge is 0.476 e. The first kappa shape index (κ1) is 19.9. The van der Waals surface area contributed by atoms with Gasteiger partial charge in [0.2, 0.25) is 11.8 Å². The number of ether oxygens (including phenoxy) is 1. The van der Waals surface area contributed by atoms with Crippen molar-refractivity contribution in [3.63, 3.8) is 0 Å². The maximum absolute atomic E-state index is 5.92. The van der Waals surface area contributed by atoms with Gasteiger partial charge in [-0.15, -0.1) is 0 Å². The van der Waals surface area contributed by atoms with E-state index in [2.05, 4.69) is 33.1 Å². The van der Waals surface area contributed by atoms with Gasteiger partial charge in [-0.3, -0.25) is 0 Å². The lowest BCUT2D eigenvalue weighted by Crippen LogP contribution is -2.11. The van der Waals surface area contributed by atoms with Gasteiger partial charge in [0.25, 0.3) is 0 Å². The van der Waals surface area contributed by atoms with Crippen LogP contribution < -0.4 is 10.5 Å². The van der Waals surface area contributed by atoms with Crippen molar-refractivity contribution in [1.82, 2.24) is 14.5 Å². The molecule has 0 atom stereocenters. The van der Waals surface area contributed by atoms with E-state index in [9.17, 15) is 0 Å². The Kier molecular flexibility index (Phi) is 8.38. The minimum absolute atomic E-state index is 0.294. The highest BCUT2D eigenvalue weighted by Gasteiger charge is 2.18. The summed E-state index contributed by atoms with van der Waals surface area (Å²) in [7, 11) is 0. The van der Waals surface area contributed by atoms with Crippen molar-refractivity contribution in [2.75, 3.05) is 24.3 Å². The molecule has 1 aliphatic carbocycles. The molecule has 6 heteroatoms. The second-order valence-corrected chi connectivity index (χ2v) is 7.17. The van der Waals surface area contributed by atoms with E-state index in [-0.39, 0.29) is 0 Å². The first-order valence-corrected chi connectivity index (χ1v) is 10.9. The number of nitrogens with zero attached hydrogens (tertiary/aromatic N) is 3. The van der Waals surface area contributed by atoms with Crippen molar-refractivity contribution in [1.29, 1.82) is 0 Å². The normalized spacial score (nSPS) is 16.0. The van der Waals surface area contributed by atoms with Crippen molar-refractivity contribution in [3.8, 4) is 5.88 Å². The van der Waals surface area contributed by atoms with Gasteiger partial charge in [-0.1, -0.05) is 46.0 Å². The molecule has 0 saturated heterocycles. The Morgan fingerprint density at radius 3 is 2.52 bits per heavy atom. The van der Waals surface area contributed by atoms with Crippen LogP contribution in [0, 0.1) is 0 Å². The fourth-order valence-corrected chi connectivity index (χ4v) is 3.61. The topological polar surface area (TPSA) is 66.0 Å². The third-order valence-electron chi connectivity index (χ3n) is 4.55. The van der Waals surface area contributed by atoms with Crippen molar-refractivity contribution in [3.05, 3.63) is 12.3 Å². The number of rotatable bonds is 5. The molecule has 1 saturated carbocycles. The van der Waals surface area contributed by atoms with Gasteiger partial charge in [0.05, 0.1) is 12.0 Å². The number of nitrogen functional groups attached to an aromatic ring is 1. The molecule has 0 radical (unpaired) electrons. The molecule has 25 heavy (non-hydrogen) atoms. The van der Waals surface area contributed by atoms with Crippen LogP contribution in [-0.2, 0) is 0 Å². The summed E-state index contributed by atoms with van der Waals surface area (Å²) >= 11 is 1.76. The van der Waals surface area contributed by atoms with Crippen LogP contribution >= 0.6 is 11.8 Å². The average molecular weight is 365 g/mol. The number of anilines is 1. The molecule has 2 aromatic heterocycles. The summed E-state index contributed by atoms with van der Waals surface area (Å²) in [6, 6.07) is 2.59. The predicted octanol–water partition coefficient (Wildman–Crippen LogP) is 5.07. The van der Waals surface area contributed by atoms with E-state index in [0.29, 0.717) is 24.5 Å². The summed E-state index contributed by atoms with van der Waals surface area (Å²) in [6.45, 7) is 4.64. The van der Waals surface area contributed by atoms with Gasteiger partial charge in [0.15, 0.2) is 0 Å². The van der Waals surface area contributed by atoms with Gasteiger partial charge in [-0.05, 0) is 25.2 Å². The molecular formula is C19H32N4OS. The van der Waals surface area contributed by atoms with Gasteiger partial charge >= 0.3 is 0 Å². The van der Waals surface area contributed by atoms with E-state index < -0.39 is 0 Å². The van der Waals surface area contributed by atoms with Gasteiger partial charge in [-0.2, -0.15) is 21.7 Å². The Morgan fingerprint density at radius 2 is 1.84 bits per heavy atom. The molecule has 0 bridgehead atoms. The van der Waals surface area contributed by atoms with Crippen LogP contribution in [0.4, 0.5) is 5.95 Å². The third kappa shape index (κ3) is 5.27. The zero-order chi connectivity index (χ0) is 18.1. The van der Waals surface area contributed by atoms with Crippen molar-refractivity contribution in [2.24, 2.45) is 0 Å². The molecule has 5 nitrogen and oxygen atoms in total. The predicted molar refractivity (Wildman–Crippen MR) is 109 cm³/mol. The Bertz CT molecular complexity index is 636. The summed E-state index contributed by atoms with van der Waals surface area (Å²) in [4.78, 5) is 8.79. The van der Waals surface area contributed by atoms with Crippen molar-refractivity contribution >= 4 is 28.7 Å². The Morgan fingerprint density at radius 1 is 1.16 bits per heavy atom. The zero-order valence-corrected chi connectivity index (χ0v) is 16.6. The number of thioether (sulfide) groups is 1. The monoisotopic (exact) mass is 364 g/mol. The average Bonchev–Trinajstić information content (AvgIpc) is 3.00. The maximum atomic E-state index is 5.92. The molecule has 2 N–H and O–H groups in total. The first-order chi connectivity index (χ1) is 12.3. The van der Waals surface area contributed by atoms with E-state index in [1.165, 1.54) is 44.9 Å². The molecule has 2 aromatic rings. The number of hydrogen-bond donors (Lipinski definition) is 1. The molecule has 1 fully saturated rings. The molecule has 2 heterocycles. The van der Waals surface area contributed by atoms with Gasteiger partial charge in [0, 0.05) is 18.0 Å². The van der Waals surface area contributed by atoms with Crippen LogP contribution in [0.2, 0.25) is 0 Å². The Hall–Kier alpha value is -1.43. The van der Waals surface area contributed by atoms with E-state index in [4.69, 9.17) is 10.5 Å². The molecule has 0 spiro atoms. The standard InChI is InChI=1S/C17H26N4OS.C2H6/c1-23-12-11-22-16-14-9-10-21(15(14)19-17(18)20-16)13-7-5-3-2-4-6-8-13;1-2/h9-10,13H,2-8,11-12H2,1H3,(H2,18,19,20);1-2H3. The van der Waals surface area contributed by atoms with Gasteiger partial charge in [-0.25, -0.2) is 0 Å². The fraction of sp³-hybridized carbons (Fsp3) is 0.684. The Labute approximate surface area is 155 Å². The van der Waals surface area contributed by atoms with Crippen LogP contribution in [0.1, 0.15) is 64.8 Å². The van der Waals surface area contributed by atoms with E-state index in [0.717, 1.165) is 16.8 Å². The number of nitrogens with two attached hydrogens (primary N) is 1. The smallest absolute Gasteiger partial charge is 0.227 e. The van der Waals surface area contributed by atoms with Crippen LogP contribution in [0.15, 0.2) is 12.3 Å². The molecule has 0 aromatic carbocycles. The summed E-state index contributed by atoms with van der Waals surface area (Å²) in [5.41, 5.74) is 6.84. The lowest BCUT2D eigenvalue weighted by molar-refractivity contribution is 0.335. The first-order valence-electron chi connectivity index (χ1n) is 9.55. The van der Waals surface area contributed by atoms with Crippen LogP contribution in [0.3, 0.4) is 0 Å². The number of aromatic nitrogens is 3. The van der Waals surface area contributed by atoms with Crippen LogP contribution in [-0.4, -0.2) is 33.2 Å². The lowest BCUT2D eigenvalue weighted by Gasteiger charge is -2.22. The summed E-state index contributed by atoms with van der Waals surface area (Å²) in [5.74, 6) is 1.85. The molecule has 140 valence electrons. The number of fused-ring (bicyclic) bond motifs is 1. The van der Waals surface area contributed by atoms with Gasteiger partial charge < -0.3 is 15.0 Å².